The summed E-state index contributed by atoms with van der Waals surface area (Å²) >= 11 is 23.7. The number of carbonyl (C=O) groups is 1. The summed E-state index contributed by atoms with van der Waals surface area (Å²) in [5.41, 5.74) is 2.42. The molecule has 1 aromatic carbocycles. The van der Waals surface area contributed by atoms with Crippen LogP contribution in [0.15, 0.2) is 11.2 Å². The van der Waals surface area contributed by atoms with Crippen LogP contribution in [0.3, 0.4) is 0 Å². The molecule has 0 saturated heterocycles. The lowest BCUT2D eigenvalue weighted by atomic mass is 10.2. The highest BCUT2D eigenvalue weighted by Gasteiger charge is 2.33. The standard InChI is InChI=1S/C12H7Cl4N3O/c13-6-3-7(14)10(16)11(9(6)15)19-18-8(4-17)12(20)5-1-2-5/h3,5,19H,1-2H2/b18-8+. The fourth-order valence-corrected chi connectivity index (χ4v) is 2.35. The highest BCUT2D eigenvalue weighted by Crippen LogP contribution is 2.41. The van der Waals surface area contributed by atoms with Gasteiger partial charge in [-0.1, -0.05) is 46.4 Å². The maximum atomic E-state index is 11.8. The van der Waals surface area contributed by atoms with Gasteiger partial charge in [-0.2, -0.15) is 10.4 Å². The Bertz CT molecular complexity index is 621. The molecule has 1 aliphatic rings. The molecule has 0 spiro atoms. The van der Waals surface area contributed by atoms with Gasteiger partial charge in [0.1, 0.15) is 6.07 Å². The zero-order chi connectivity index (χ0) is 14.9. The van der Waals surface area contributed by atoms with Crippen molar-refractivity contribution >= 4 is 63.6 Å². The van der Waals surface area contributed by atoms with Gasteiger partial charge in [0.15, 0.2) is 5.78 Å². The summed E-state index contributed by atoms with van der Waals surface area (Å²) in [6, 6.07) is 3.14. The second-order valence-electron chi connectivity index (χ2n) is 4.17. The van der Waals surface area contributed by atoms with Crippen molar-refractivity contribution in [2.75, 3.05) is 5.43 Å². The van der Waals surface area contributed by atoms with E-state index in [4.69, 9.17) is 51.7 Å². The summed E-state index contributed by atoms with van der Waals surface area (Å²) < 4.78 is 0. The molecule has 1 fully saturated rings. The van der Waals surface area contributed by atoms with Crippen molar-refractivity contribution in [2.24, 2.45) is 11.0 Å². The molecule has 0 unspecified atom stereocenters. The third kappa shape index (κ3) is 3.18. The number of nitrogens with one attached hydrogen (secondary N) is 1. The van der Waals surface area contributed by atoms with Crippen LogP contribution < -0.4 is 5.43 Å². The number of benzene rings is 1. The molecule has 8 heteroatoms. The van der Waals surface area contributed by atoms with Gasteiger partial charge in [-0.25, -0.2) is 0 Å². The number of hydrazone groups is 1. The largest absolute Gasteiger partial charge is 0.291 e. The van der Waals surface area contributed by atoms with Crippen LogP contribution in [-0.2, 0) is 4.79 Å². The maximum absolute atomic E-state index is 11.8. The fraction of sp³-hybridized carbons (Fsp3) is 0.250. The Kier molecular flexibility index (Phi) is 4.77. The Labute approximate surface area is 135 Å². The predicted octanol–water partition coefficient (Wildman–Crippen LogP) is 4.57. The highest BCUT2D eigenvalue weighted by molar-refractivity contribution is 6.50. The van der Waals surface area contributed by atoms with E-state index in [-0.39, 0.29) is 43.2 Å². The number of nitrogens with zero attached hydrogens (tertiary/aromatic N) is 2. The Balaban J connectivity index is 2.30. The van der Waals surface area contributed by atoms with Crippen molar-refractivity contribution < 1.29 is 4.79 Å². The minimum absolute atomic E-state index is 0.107. The number of halogens is 4. The molecular formula is C12H7Cl4N3O. The fourth-order valence-electron chi connectivity index (χ4n) is 1.46. The van der Waals surface area contributed by atoms with Crippen molar-refractivity contribution in [1.82, 2.24) is 0 Å². The second-order valence-corrected chi connectivity index (χ2v) is 5.74. The van der Waals surface area contributed by atoms with Crippen LogP contribution in [0.2, 0.25) is 20.1 Å². The molecule has 0 amide bonds. The van der Waals surface area contributed by atoms with Gasteiger partial charge in [-0.15, -0.1) is 0 Å². The number of anilines is 1. The smallest absolute Gasteiger partial charge is 0.203 e. The molecular weight excluding hydrogens is 344 g/mol. The average Bonchev–Trinajstić information content (AvgIpc) is 3.24. The molecule has 0 aliphatic heterocycles. The monoisotopic (exact) mass is 349 g/mol. The van der Waals surface area contributed by atoms with E-state index in [2.05, 4.69) is 10.5 Å². The first kappa shape index (κ1) is 15.4. The first-order valence-corrected chi connectivity index (χ1v) is 7.08. The molecule has 104 valence electrons. The average molecular weight is 351 g/mol. The number of hydrogen-bond acceptors (Lipinski definition) is 4. The number of carbonyl (C=O) groups excluding carboxylic acids is 1. The molecule has 20 heavy (non-hydrogen) atoms. The third-order valence-electron chi connectivity index (χ3n) is 2.68. The number of Topliss-reactive ketones (excluding diaryl/α,β-unsaturated/α-hetero) is 1. The Hall–Kier alpha value is -0.990. The number of rotatable bonds is 4. The van der Waals surface area contributed by atoms with Crippen LogP contribution in [0.5, 0.6) is 0 Å². The molecule has 1 aliphatic carbocycles. The van der Waals surface area contributed by atoms with Gasteiger partial charge in [0.05, 0.1) is 25.8 Å². The zero-order valence-electron chi connectivity index (χ0n) is 9.88. The molecule has 1 aromatic rings. The van der Waals surface area contributed by atoms with E-state index >= 15 is 0 Å². The van der Waals surface area contributed by atoms with E-state index in [9.17, 15) is 4.79 Å². The van der Waals surface area contributed by atoms with Crippen molar-refractivity contribution in [3.05, 3.63) is 26.2 Å². The molecule has 0 heterocycles. The Morgan fingerprint density at radius 1 is 1.25 bits per heavy atom. The first-order chi connectivity index (χ1) is 9.45. The Morgan fingerprint density at radius 2 is 1.80 bits per heavy atom. The molecule has 0 atom stereocenters. The van der Waals surface area contributed by atoms with Gasteiger partial charge in [-0.3, -0.25) is 10.2 Å². The lowest BCUT2D eigenvalue weighted by Crippen LogP contribution is -2.15. The predicted molar refractivity (Wildman–Crippen MR) is 80.9 cm³/mol. The highest BCUT2D eigenvalue weighted by atomic mass is 35.5. The van der Waals surface area contributed by atoms with E-state index in [1.54, 1.807) is 6.07 Å². The van der Waals surface area contributed by atoms with E-state index in [1.807, 2.05) is 0 Å². The number of hydrogen-bond donors (Lipinski definition) is 1. The lowest BCUT2D eigenvalue weighted by Gasteiger charge is -2.09. The van der Waals surface area contributed by atoms with E-state index in [0.29, 0.717) is 0 Å². The van der Waals surface area contributed by atoms with Crippen LogP contribution in [0.25, 0.3) is 0 Å². The van der Waals surface area contributed by atoms with Gasteiger partial charge in [-0.05, 0) is 18.9 Å². The van der Waals surface area contributed by atoms with Gasteiger partial charge >= 0.3 is 0 Å². The summed E-state index contributed by atoms with van der Waals surface area (Å²) in [7, 11) is 0. The van der Waals surface area contributed by atoms with Gasteiger partial charge in [0.25, 0.3) is 0 Å². The quantitative estimate of drug-likeness (QED) is 0.491. The van der Waals surface area contributed by atoms with Crippen molar-refractivity contribution in [3.63, 3.8) is 0 Å². The van der Waals surface area contributed by atoms with Crippen molar-refractivity contribution in [2.45, 2.75) is 12.8 Å². The first-order valence-electron chi connectivity index (χ1n) is 5.56. The molecule has 1 N–H and O–H groups in total. The Morgan fingerprint density at radius 3 is 2.25 bits per heavy atom. The molecule has 1 saturated carbocycles. The van der Waals surface area contributed by atoms with Gasteiger partial charge in [0.2, 0.25) is 5.71 Å². The molecule has 2 rings (SSSR count). The molecule has 0 radical (unpaired) electrons. The van der Waals surface area contributed by atoms with Crippen molar-refractivity contribution in [1.29, 1.82) is 5.26 Å². The topological polar surface area (TPSA) is 65.2 Å². The van der Waals surface area contributed by atoms with E-state index in [0.717, 1.165) is 12.8 Å². The molecule has 0 bridgehead atoms. The maximum Gasteiger partial charge on any atom is 0.203 e. The van der Waals surface area contributed by atoms with Crippen LogP contribution in [0, 0.1) is 17.2 Å². The van der Waals surface area contributed by atoms with Crippen LogP contribution >= 0.6 is 46.4 Å². The summed E-state index contributed by atoms with van der Waals surface area (Å²) in [4.78, 5) is 11.8. The zero-order valence-corrected chi connectivity index (χ0v) is 12.9. The minimum atomic E-state index is -0.291. The minimum Gasteiger partial charge on any atom is -0.291 e. The van der Waals surface area contributed by atoms with E-state index < -0.39 is 0 Å². The molecule has 4 nitrogen and oxygen atoms in total. The van der Waals surface area contributed by atoms with Crippen LogP contribution in [0.1, 0.15) is 12.8 Å². The summed E-state index contributed by atoms with van der Waals surface area (Å²) in [5, 5.41) is 13.3. The summed E-state index contributed by atoms with van der Waals surface area (Å²) in [5.74, 6) is -0.399. The SMILES string of the molecule is N#C/C(=N\Nc1c(Cl)c(Cl)cc(Cl)c1Cl)C(=O)C1CC1. The van der Waals surface area contributed by atoms with Crippen molar-refractivity contribution in [3.8, 4) is 6.07 Å². The summed E-state index contributed by atoms with van der Waals surface area (Å²) in [6.07, 6.45) is 1.56. The number of ketones is 1. The number of nitriles is 1. The third-order valence-corrected chi connectivity index (χ3v) is 4.25. The normalized spacial score (nSPS) is 14.8. The van der Waals surface area contributed by atoms with Crippen LogP contribution in [-0.4, -0.2) is 11.5 Å². The van der Waals surface area contributed by atoms with Gasteiger partial charge < -0.3 is 0 Å². The van der Waals surface area contributed by atoms with Gasteiger partial charge in [0, 0.05) is 5.92 Å². The second kappa shape index (κ2) is 6.19. The summed E-state index contributed by atoms with van der Waals surface area (Å²) in [6.45, 7) is 0. The lowest BCUT2D eigenvalue weighted by molar-refractivity contribution is -0.113. The van der Waals surface area contributed by atoms with Crippen LogP contribution in [0.4, 0.5) is 5.69 Å². The molecule has 0 aromatic heterocycles. The van der Waals surface area contributed by atoms with E-state index in [1.165, 1.54) is 6.07 Å².